The zero-order valence-corrected chi connectivity index (χ0v) is 17.8. The van der Waals surface area contributed by atoms with Gasteiger partial charge in [-0.05, 0) is 47.6 Å². The molecule has 4 rings (SSSR count). The summed E-state index contributed by atoms with van der Waals surface area (Å²) in [5.41, 5.74) is 1.40. The number of rotatable bonds is 4. The molecule has 0 atom stereocenters. The van der Waals surface area contributed by atoms with Crippen molar-refractivity contribution in [3.63, 3.8) is 0 Å². The molecule has 0 aliphatic heterocycles. The van der Waals surface area contributed by atoms with E-state index in [-0.39, 0.29) is 5.41 Å². The molecule has 28 heavy (non-hydrogen) atoms. The van der Waals surface area contributed by atoms with Gasteiger partial charge in [0.05, 0.1) is 6.20 Å². The Morgan fingerprint density at radius 2 is 1.86 bits per heavy atom. The SMILES string of the molecule is CC(C)(C)c1nsc(Sc2nnc(-c3cnccn3)n2-c2ccc(Cl)cc2)n1. The molecule has 0 saturated carbocycles. The van der Waals surface area contributed by atoms with Gasteiger partial charge in [-0.2, -0.15) is 4.37 Å². The van der Waals surface area contributed by atoms with Crippen molar-refractivity contribution >= 4 is 34.9 Å². The molecule has 0 bridgehead atoms. The zero-order valence-electron chi connectivity index (χ0n) is 15.4. The maximum atomic E-state index is 6.06. The van der Waals surface area contributed by atoms with Gasteiger partial charge in [-0.25, -0.2) is 9.97 Å². The van der Waals surface area contributed by atoms with Gasteiger partial charge in [-0.3, -0.25) is 9.55 Å². The molecule has 0 N–H and O–H groups in total. The van der Waals surface area contributed by atoms with Crippen LogP contribution < -0.4 is 0 Å². The van der Waals surface area contributed by atoms with Crippen LogP contribution in [0.4, 0.5) is 0 Å². The molecule has 0 aliphatic rings. The third kappa shape index (κ3) is 3.91. The van der Waals surface area contributed by atoms with Gasteiger partial charge in [-0.1, -0.05) is 32.4 Å². The van der Waals surface area contributed by atoms with Gasteiger partial charge in [0.2, 0.25) is 5.16 Å². The Labute approximate surface area is 175 Å². The molecule has 0 amide bonds. The molecule has 142 valence electrons. The summed E-state index contributed by atoms with van der Waals surface area (Å²) >= 11 is 8.83. The smallest absolute Gasteiger partial charge is 0.203 e. The maximum absolute atomic E-state index is 6.06. The molecule has 0 spiro atoms. The van der Waals surface area contributed by atoms with E-state index in [0.717, 1.165) is 15.9 Å². The minimum absolute atomic E-state index is 0.107. The summed E-state index contributed by atoms with van der Waals surface area (Å²) in [7, 11) is 0. The molecular weight excluding hydrogens is 414 g/mol. The Bertz CT molecular complexity index is 1090. The lowest BCUT2D eigenvalue weighted by atomic mass is 9.96. The molecular formula is C18H16ClN7S2. The van der Waals surface area contributed by atoms with E-state index in [0.29, 0.717) is 21.7 Å². The highest BCUT2D eigenvalue weighted by molar-refractivity contribution is 8.00. The van der Waals surface area contributed by atoms with E-state index in [1.54, 1.807) is 18.6 Å². The van der Waals surface area contributed by atoms with Crippen molar-refractivity contribution in [2.24, 2.45) is 0 Å². The number of hydrogen-bond acceptors (Lipinski definition) is 8. The van der Waals surface area contributed by atoms with Gasteiger partial charge in [0.25, 0.3) is 0 Å². The predicted molar refractivity (Wildman–Crippen MR) is 110 cm³/mol. The normalized spacial score (nSPS) is 11.7. The first-order chi connectivity index (χ1) is 13.4. The van der Waals surface area contributed by atoms with Gasteiger partial charge in [0, 0.05) is 28.5 Å². The molecule has 4 aromatic rings. The second-order valence-electron chi connectivity index (χ2n) is 6.94. The molecule has 0 saturated heterocycles. The minimum Gasteiger partial charge on any atom is -0.268 e. The lowest BCUT2D eigenvalue weighted by Gasteiger charge is -2.12. The molecule has 0 unspecified atom stereocenters. The second kappa shape index (κ2) is 7.57. The van der Waals surface area contributed by atoms with E-state index in [4.69, 9.17) is 11.6 Å². The van der Waals surface area contributed by atoms with Gasteiger partial charge in [0.1, 0.15) is 11.5 Å². The van der Waals surface area contributed by atoms with Crippen LogP contribution in [0.1, 0.15) is 26.6 Å². The number of nitrogens with zero attached hydrogens (tertiary/aromatic N) is 7. The molecule has 10 heteroatoms. The lowest BCUT2D eigenvalue weighted by Crippen LogP contribution is -2.12. The average molecular weight is 430 g/mol. The molecule has 0 radical (unpaired) electrons. The molecule has 3 heterocycles. The van der Waals surface area contributed by atoms with Crippen molar-refractivity contribution in [3.05, 3.63) is 53.7 Å². The number of aromatic nitrogens is 7. The monoisotopic (exact) mass is 429 g/mol. The Kier molecular flexibility index (Phi) is 5.13. The first-order valence-electron chi connectivity index (χ1n) is 8.41. The first-order valence-corrected chi connectivity index (χ1v) is 10.4. The third-order valence-electron chi connectivity index (χ3n) is 3.77. The summed E-state index contributed by atoms with van der Waals surface area (Å²) in [5, 5.41) is 10.0. The first kappa shape index (κ1) is 19.0. The zero-order chi connectivity index (χ0) is 19.7. The largest absolute Gasteiger partial charge is 0.268 e. The van der Waals surface area contributed by atoms with Gasteiger partial charge < -0.3 is 0 Å². The Morgan fingerprint density at radius 1 is 1.07 bits per heavy atom. The van der Waals surface area contributed by atoms with Crippen molar-refractivity contribution in [2.45, 2.75) is 35.7 Å². The summed E-state index contributed by atoms with van der Waals surface area (Å²) in [5.74, 6) is 1.41. The highest BCUT2D eigenvalue weighted by Gasteiger charge is 2.23. The maximum Gasteiger partial charge on any atom is 0.203 e. The van der Waals surface area contributed by atoms with Crippen molar-refractivity contribution in [2.75, 3.05) is 0 Å². The van der Waals surface area contributed by atoms with Crippen LogP contribution in [0.2, 0.25) is 5.02 Å². The Hall–Kier alpha value is -2.36. The van der Waals surface area contributed by atoms with E-state index in [2.05, 4.69) is 50.3 Å². The number of hydrogen-bond donors (Lipinski definition) is 0. The second-order valence-corrected chi connectivity index (χ2v) is 9.35. The highest BCUT2D eigenvalue weighted by atomic mass is 35.5. The Balaban J connectivity index is 1.78. The molecule has 0 fully saturated rings. The molecule has 0 aliphatic carbocycles. The standard InChI is InChI=1S/C18H16ClN7S2/c1-18(2,3)15-22-17(28-25-15)27-16-24-23-14(13-10-20-8-9-21-13)26(16)12-6-4-11(19)5-7-12/h4-10H,1-3H3. The van der Waals surface area contributed by atoms with E-state index in [9.17, 15) is 0 Å². The van der Waals surface area contributed by atoms with Crippen LogP contribution in [0.5, 0.6) is 0 Å². The van der Waals surface area contributed by atoms with Crippen molar-refractivity contribution in [1.29, 1.82) is 0 Å². The fraction of sp³-hybridized carbons (Fsp3) is 0.222. The quantitative estimate of drug-likeness (QED) is 0.465. The fourth-order valence-electron chi connectivity index (χ4n) is 2.37. The summed E-state index contributed by atoms with van der Waals surface area (Å²) < 4.78 is 7.20. The van der Waals surface area contributed by atoms with E-state index < -0.39 is 0 Å². The van der Waals surface area contributed by atoms with E-state index in [1.165, 1.54) is 23.3 Å². The lowest BCUT2D eigenvalue weighted by molar-refractivity contribution is 0.551. The molecule has 3 aromatic heterocycles. The van der Waals surface area contributed by atoms with Gasteiger partial charge >= 0.3 is 0 Å². The molecule has 7 nitrogen and oxygen atoms in total. The summed E-state index contributed by atoms with van der Waals surface area (Å²) in [6, 6.07) is 7.48. The van der Waals surface area contributed by atoms with E-state index in [1.807, 2.05) is 28.8 Å². The van der Waals surface area contributed by atoms with E-state index >= 15 is 0 Å². The average Bonchev–Trinajstić information content (AvgIpc) is 3.31. The fourth-order valence-corrected chi connectivity index (χ4v) is 4.24. The van der Waals surface area contributed by atoms with Crippen molar-refractivity contribution in [1.82, 2.24) is 34.1 Å². The minimum atomic E-state index is -0.107. The van der Waals surface area contributed by atoms with Gasteiger partial charge in [-0.15, -0.1) is 10.2 Å². The molecule has 1 aromatic carbocycles. The third-order valence-corrected chi connectivity index (χ3v) is 5.72. The predicted octanol–water partition coefficient (Wildman–Crippen LogP) is 4.68. The van der Waals surface area contributed by atoms with Crippen LogP contribution >= 0.6 is 34.9 Å². The highest BCUT2D eigenvalue weighted by Crippen LogP contribution is 2.34. The Morgan fingerprint density at radius 3 is 2.50 bits per heavy atom. The summed E-state index contributed by atoms with van der Waals surface area (Å²) in [6.07, 6.45) is 4.91. The van der Waals surface area contributed by atoms with Crippen LogP contribution in [0.3, 0.4) is 0 Å². The van der Waals surface area contributed by atoms with Crippen LogP contribution in [-0.4, -0.2) is 34.1 Å². The van der Waals surface area contributed by atoms with Crippen LogP contribution in [0.15, 0.2) is 52.4 Å². The topological polar surface area (TPSA) is 82.3 Å². The summed E-state index contributed by atoms with van der Waals surface area (Å²) in [6.45, 7) is 6.27. The summed E-state index contributed by atoms with van der Waals surface area (Å²) in [4.78, 5) is 13.2. The van der Waals surface area contributed by atoms with Crippen molar-refractivity contribution in [3.8, 4) is 17.2 Å². The van der Waals surface area contributed by atoms with Crippen LogP contribution in [0.25, 0.3) is 17.2 Å². The van der Waals surface area contributed by atoms with Gasteiger partial charge in [0.15, 0.2) is 10.2 Å². The van der Waals surface area contributed by atoms with Crippen LogP contribution in [0, 0.1) is 0 Å². The number of halogens is 1. The van der Waals surface area contributed by atoms with Crippen molar-refractivity contribution < 1.29 is 0 Å². The number of benzene rings is 1. The van der Waals surface area contributed by atoms with Crippen LogP contribution in [-0.2, 0) is 5.41 Å².